The summed E-state index contributed by atoms with van der Waals surface area (Å²) < 4.78 is 3.72. The van der Waals surface area contributed by atoms with Crippen LogP contribution < -0.4 is 10.9 Å². The molecule has 23 heavy (non-hydrogen) atoms. The minimum Gasteiger partial charge on any atom is -0.328 e. The van der Waals surface area contributed by atoms with E-state index in [0.717, 1.165) is 48.5 Å². The summed E-state index contributed by atoms with van der Waals surface area (Å²) in [5.74, 6) is 0. The van der Waals surface area contributed by atoms with Gasteiger partial charge in [0.05, 0.1) is 5.69 Å². The number of fused-ring (bicyclic) bond motifs is 1. The number of nitrogens with one attached hydrogen (secondary N) is 1. The van der Waals surface area contributed by atoms with E-state index in [4.69, 9.17) is 0 Å². The Balaban J connectivity index is 1.93. The standard InChI is InChI=1S/C18H20N4O/c1-2-21-16(14-9-6-10-19-14)12-18(23)22-17(21)11-15(20-22)13-7-4-3-5-8-13/h3-5,7-8,11-12,14,19H,2,6,9-10H2,1H3. The Morgan fingerprint density at radius 2 is 2.09 bits per heavy atom. The van der Waals surface area contributed by atoms with E-state index >= 15 is 0 Å². The maximum Gasteiger partial charge on any atom is 0.274 e. The molecular weight excluding hydrogens is 288 g/mol. The minimum absolute atomic E-state index is 0.0596. The molecule has 4 rings (SSSR count). The maximum atomic E-state index is 12.5. The molecule has 2 aromatic heterocycles. The van der Waals surface area contributed by atoms with Crippen LogP contribution in [-0.4, -0.2) is 20.7 Å². The van der Waals surface area contributed by atoms with Gasteiger partial charge in [-0.3, -0.25) is 4.79 Å². The van der Waals surface area contributed by atoms with E-state index in [1.54, 1.807) is 6.07 Å². The Morgan fingerprint density at radius 1 is 1.26 bits per heavy atom. The molecule has 118 valence electrons. The topological polar surface area (TPSA) is 51.3 Å². The van der Waals surface area contributed by atoms with E-state index in [2.05, 4.69) is 21.9 Å². The fourth-order valence-corrected chi connectivity index (χ4v) is 3.44. The van der Waals surface area contributed by atoms with Crippen LogP contribution in [0.4, 0.5) is 0 Å². The van der Waals surface area contributed by atoms with Gasteiger partial charge in [0.15, 0.2) is 0 Å². The average Bonchev–Trinajstić information content (AvgIpc) is 3.25. The van der Waals surface area contributed by atoms with Gasteiger partial charge in [0.2, 0.25) is 0 Å². The second-order valence-electron chi connectivity index (χ2n) is 5.97. The van der Waals surface area contributed by atoms with Crippen molar-refractivity contribution >= 4 is 5.65 Å². The first-order valence-corrected chi connectivity index (χ1v) is 8.20. The molecule has 1 aliphatic heterocycles. The molecule has 1 saturated heterocycles. The lowest BCUT2D eigenvalue weighted by Crippen LogP contribution is -2.25. The zero-order valence-electron chi connectivity index (χ0n) is 13.2. The van der Waals surface area contributed by atoms with Crippen molar-refractivity contribution in [3.05, 3.63) is 58.5 Å². The van der Waals surface area contributed by atoms with Crippen LogP contribution in [0.15, 0.2) is 47.3 Å². The molecule has 1 aliphatic rings. The van der Waals surface area contributed by atoms with Gasteiger partial charge >= 0.3 is 0 Å². The number of benzene rings is 1. The highest BCUT2D eigenvalue weighted by molar-refractivity contribution is 5.64. The molecule has 1 unspecified atom stereocenters. The predicted octanol–water partition coefficient (Wildman–Crippen LogP) is 2.61. The van der Waals surface area contributed by atoms with E-state index in [1.807, 2.05) is 36.4 Å². The number of aromatic nitrogens is 3. The van der Waals surface area contributed by atoms with E-state index < -0.39 is 0 Å². The lowest BCUT2D eigenvalue weighted by atomic mass is 10.1. The van der Waals surface area contributed by atoms with Gasteiger partial charge in [-0.2, -0.15) is 9.61 Å². The SMILES string of the molecule is CCn1c(C2CCCN2)cc(=O)n2nc(-c3ccccc3)cc12. The highest BCUT2D eigenvalue weighted by Gasteiger charge is 2.21. The molecule has 1 atom stereocenters. The van der Waals surface area contributed by atoms with E-state index in [1.165, 1.54) is 4.52 Å². The largest absolute Gasteiger partial charge is 0.328 e. The molecule has 5 heteroatoms. The van der Waals surface area contributed by atoms with Crippen molar-refractivity contribution in [2.45, 2.75) is 32.4 Å². The zero-order chi connectivity index (χ0) is 15.8. The van der Waals surface area contributed by atoms with Crippen LogP contribution in [0.3, 0.4) is 0 Å². The molecular formula is C18H20N4O. The van der Waals surface area contributed by atoms with Crippen molar-refractivity contribution in [1.29, 1.82) is 0 Å². The minimum atomic E-state index is -0.0596. The van der Waals surface area contributed by atoms with Gasteiger partial charge in [-0.15, -0.1) is 0 Å². The molecule has 1 N–H and O–H groups in total. The van der Waals surface area contributed by atoms with Gasteiger partial charge in [0.25, 0.3) is 5.56 Å². The van der Waals surface area contributed by atoms with Crippen LogP contribution in [0.1, 0.15) is 31.5 Å². The summed E-state index contributed by atoms with van der Waals surface area (Å²) in [5.41, 5.74) is 3.74. The van der Waals surface area contributed by atoms with Crippen LogP contribution in [0, 0.1) is 0 Å². The molecule has 3 heterocycles. The summed E-state index contributed by atoms with van der Waals surface area (Å²) in [6, 6.07) is 14.0. The summed E-state index contributed by atoms with van der Waals surface area (Å²) in [6.07, 6.45) is 2.23. The number of nitrogens with zero attached hydrogens (tertiary/aromatic N) is 3. The second-order valence-corrected chi connectivity index (χ2v) is 5.97. The summed E-state index contributed by atoms with van der Waals surface area (Å²) in [4.78, 5) is 12.5. The van der Waals surface area contributed by atoms with Gasteiger partial charge in [-0.25, -0.2) is 0 Å². The molecule has 0 amide bonds. The Morgan fingerprint density at radius 3 is 2.78 bits per heavy atom. The van der Waals surface area contributed by atoms with Gasteiger partial charge in [0, 0.05) is 36.0 Å². The first-order chi connectivity index (χ1) is 11.3. The van der Waals surface area contributed by atoms with Crippen LogP contribution in [0.2, 0.25) is 0 Å². The van der Waals surface area contributed by atoms with Crippen LogP contribution >= 0.6 is 0 Å². The monoisotopic (exact) mass is 308 g/mol. The molecule has 1 fully saturated rings. The molecule has 0 bridgehead atoms. The Hall–Kier alpha value is -2.40. The van der Waals surface area contributed by atoms with E-state index in [9.17, 15) is 4.79 Å². The molecule has 1 aromatic carbocycles. The van der Waals surface area contributed by atoms with E-state index in [0.29, 0.717) is 0 Å². The van der Waals surface area contributed by atoms with Crippen molar-refractivity contribution in [2.24, 2.45) is 0 Å². The van der Waals surface area contributed by atoms with Crippen molar-refractivity contribution in [2.75, 3.05) is 6.54 Å². The third-order valence-corrected chi connectivity index (χ3v) is 4.56. The highest BCUT2D eigenvalue weighted by atomic mass is 16.1. The molecule has 3 aromatic rings. The third kappa shape index (κ3) is 2.37. The Kier molecular flexibility index (Phi) is 3.50. The highest BCUT2D eigenvalue weighted by Crippen LogP contribution is 2.25. The maximum absolute atomic E-state index is 12.5. The van der Waals surface area contributed by atoms with Crippen molar-refractivity contribution in [3.8, 4) is 11.3 Å². The molecule has 0 spiro atoms. The van der Waals surface area contributed by atoms with Crippen LogP contribution in [0.25, 0.3) is 16.9 Å². The fourth-order valence-electron chi connectivity index (χ4n) is 3.44. The molecule has 0 radical (unpaired) electrons. The lowest BCUT2D eigenvalue weighted by Gasteiger charge is -2.18. The summed E-state index contributed by atoms with van der Waals surface area (Å²) in [5, 5.41) is 8.01. The van der Waals surface area contributed by atoms with Crippen molar-refractivity contribution < 1.29 is 0 Å². The smallest absolute Gasteiger partial charge is 0.274 e. The predicted molar refractivity (Wildman–Crippen MR) is 90.5 cm³/mol. The Labute approximate surface area is 134 Å². The number of rotatable bonds is 3. The lowest BCUT2D eigenvalue weighted by molar-refractivity contribution is 0.567. The normalized spacial score (nSPS) is 17.9. The number of aryl methyl sites for hydroxylation is 1. The summed E-state index contributed by atoms with van der Waals surface area (Å²) in [7, 11) is 0. The molecule has 0 aliphatic carbocycles. The molecule has 0 saturated carbocycles. The van der Waals surface area contributed by atoms with Gasteiger partial charge in [-0.1, -0.05) is 30.3 Å². The third-order valence-electron chi connectivity index (χ3n) is 4.56. The van der Waals surface area contributed by atoms with Gasteiger partial charge < -0.3 is 9.88 Å². The van der Waals surface area contributed by atoms with Crippen molar-refractivity contribution in [1.82, 2.24) is 19.5 Å². The molecule has 5 nitrogen and oxygen atoms in total. The summed E-state index contributed by atoms with van der Waals surface area (Å²) >= 11 is 0. The second kappa shape index (κ2) is 5.66. The first kappa shape index (κ1) is 14.2. The van der Waals surface area contributed by atoms with Crippen LogP contribution in [-0.2, 0) is 6.54 Å². The number of hydrogen-bond donors (Lipinski definition) is 1. The average molecular weight is 308 g/mol. The van der Waals surface area contributed by atoms with Crippen LogP contribution in [0.5, 0.6) is 0 Å². The summed E-state index contributed by atoms with van der Waals surface area (Å²) in [6.45, 7) is 3.94. The quantitative estimate of drug-likeness (QED) is 0.809. The fraction of sp³-hybridized carbons (Fsp3) is 0.333. The Bertz CT molecular complexity index is 889. The zero-order valence-corrected chi connectivity index (χ0v) is 13.2. The first-order valence-electron chi connectivity index (χ1n) is 8.20. The van der Waals surface area contributed by atoms with E-state index in [-0.39, 0.29) is 11.6 Å². The van der Waals surface area contributed by atoms with Gasteiger partial charge in [0.1, 0.15) is 5.65 Å². The van der Waals surface area contributed by atoms with Gasteiger partial charge in [-0.05, 0) is 26.3 Å². The van der Waals surface area contributed by atoms with Crippen molar-refractivity contribution in [3.63, 3.8) is 0 Å². The number of hydrogen-bond acceptors (Lipinski definition) is 3.